The monoisotopic (exact) mass is 275 g/mol. The predicted octanol–water partition coefficient (Wildman–Crippen LogP) is 1.14. The fourth-order valence-corrected chi connectivity index (χ4v) is 2.92. The quantitative estimate of drug-likeness (QED) is 0.719. The van der Waals surface area contributed by atoms with Gasteiger partial charge in [-0.1, -0.05) is 0 Å². The largest absolute Gasteiger partial charge is 0.321 e. The number of fused-ring (bicyclic) bond motifs is 1. The van der Waals surface area contributed by atoms with Crippen LogP contribution in [0.2, 0.25) is 0 Å². The lowest BCUT2D eigenvalue weighted by Gasteiger charge is -2.04. The van der Waals surface area contributed by atoms with Crippen LogP contribution in [0.1, 0.15) is 11.4 Å². The summed E-state index contributed by atoms with van der Waals surface area (Å²) >= 11 is 1.45. The Morgan fingerprint density at radius 1 is 1.37 bits per heavy atom. The van der Waals surface area contributed by atoms with Gasteiger partial charge >= 0.3 is 0 Å². The Bertz CT molecular complexity index is 785. The average molecular weight is 275 g/mol. The van der Waals surface area contributed by atoms with E-state index in [-0.39, 0.29) is 5.56 Å². The highest BCUT2D eigenvalue weighted by molar-refractivity contribution is 7.17. The van der Waals surface area contributed by atoms with Gasteiger partial charge in [0.1, 0.15) is 16.9 Å². The second-order valence-corrected chi connectivity index (χ2v) is 5.33. The molecule has 0 aliphatic heterocycles. The van der Waals surface area contributed by atoms with E-state index in [1.165, 1.54) is 11.3 Å². The lowest BCUT2D eigenvalue weighted by molar-refractivity contribution is 0.626. The van der Waals surface area contributed by atoms with E-state index in [1.807, 2.05) is 23.9 Å². The maximum atomic E-state index is 12.3. The number of hydrogen-bond acceptors (Lipinski definition) is 5. The molecule has 3 aromatic rings. The minimum Gasteiger partial charge on any atom is -0.321 e. The molecule has 3 heterocycles. The predicted molar refractivity (Wildman–Crippen MR) is 73.3 cm³/mol. The van der Waals surface area contributed by atoms with Gasteiger partial charge in [-0.25, -0.2) is 4.98 Å². The van der Waals surface area contributed by atoms with Crippen molar-refractivity contribution in [3.63, 3.8) is 0 Å². The van der Waals surface area contributed by atoms with Crippen LogP contribution in [0.4, 0.5) is 0 Å². The summed E-state index contributed by atoms with van der Waals surface area (Å²) in [6.07, 6.45) is 3.93. The molecule has 0 aromatic carbocycles. The van der Waals surface area contributed by atoms with Crippen molar-refractivity contribution < 1.29 is 0 Å². The molecular weight excluding hydrogens is 262 g/mol. The normalized spacial score (nSPS) is 11.3. The maximum Gasteiger partial charge on any atom is 0.271 e. The van der Waals surface area contributed by atoms with Crippen molar-refractivity contribution >= 4 is 21.6 Å². The molecule has 0 fully saturated rings. The molecule has 0 aliphatic carbocycles. The minimum absolute atomic E-state index is 0.0188. The van der Waals surface area contributed by atoms with Crippen LogP contribution in [-0.2, 0) is 20.0 Å². The molecule has 98 valence electrons. The van der Waals surface area contributed by atoms with Crippen molar-refractivity contribution in [1.82, 2.24) is 24.3 Å². The molecule has 6 nitrogen and oxygen atoms in total. The van der Waals surface area contributed by atoms with E-state index in [0.717, 1.165) is 21.6 Å². The Morgan fingerprint density at radius 2 is 2.21 bits per heavy atom. The SMILES string of the molecule is Cc1csc2c(=O)n(CCc3nncn3C)cnc12. The van der Waals surface area contributed by atoms with Crippen LogP contribution in [-0.4, -0.2) is 24.3 Å². The Labute approximate surface area is 113 Å². The second kappa shape index (κ2) is 4.58. The first kappa shape index (κ1) is 12.0. The molecule has 0 spiro atoms. The fourth-order valence-electron chi connectivity index (χ4n) is 1.97. The number of thiophene rings is 1. The molecule has 19 heavy (non-hydrogen) atoms. The van der Waals surface area contributed by atoms with Crippen molar-refractivity contribution in [2.24, 2.45) is 7.05 Å². The van der Waals surface area contributed by atoms with E-state index >= 15 is 0 Å². The van der Waals surface area contributed by atoms with Gasteiger partial charge in [0.25, 0.3) is 5.56 Å². The summed E-state index contributed by atoms with van der Waals surface area (Å²) in [6, 6.07) is 0. The Balaban J connectivity index is 1.91. The number of nitrogens with zero attached hydrogens (tertiary/aromatic N) is 5. The molecule has 0 N–H and O–H groups in total. The highest BCUT2D eigenvalue weighted by Crippen LogP contribution is 2.19. The fraction of sp³-hybridized carbons (Fsp3) is 0.333. The first-order valence-electron chi connectivity index (χ1n) is 5.93. The number of rotatable bonds is 3. The van der Waals surface area contributed by atoms with Crippen LogP contribution >= 0.6 is 11.3 Å². The number of aryl methyl sites for hydroxylation is 4. The van der Waals surface area contributed by atoms with E-state index in [2.05, 4.69) is 15.2 Å². The minimum atomic E-state index is 0.0188. The van der Waals surface area contributed by atoms with Gasteiger partial charge in [0, 0.05) is 20.0 Å². The lowest BCUT2D eigenvalue weighted by Crippen LogP contribution is -2.21. The van der Waals surface area contributed by atoms with Crippen LogP contribution in [0, 0.1) is 6.92 Å². The Morgan fingerprint density at radius 3 is 2.95 bits per heavy atom. The summed E-state index contributed by atoms with van der Waals surface area (Å²) < 4.78 is 4.21. The van der Waals surface area contributed by atoms with Crippen molar-refractivity contribution in [3.8, 4) is 0 Å². The van der Waals surface area contributed by atoms with Crippen LogP contribution < -0.4 is 5.56 Å². The third kappa shape index (κ3) is 2.06. The Kier molecular flexibility index (Phi) is 2.90. The van der Waals surface area contributed by atoms with Crippen molar-refractivity contribution in [3.05, 3.63) is 39.8 Å². The summed E-state index contributed by atoms with van der Waals surface area (Å²) in [6.45, 7) is 2.53. The molecule has 0 amide bonds. The van der Waals surface area contributed by atoms with Crippen molar-refractivity contribution in [2.75, 3.05) is 0 Å². The van der Waals surface area contributed by atoms with Gasteiger partial charge in [-0.3, -0.25) is 9.36 Å². The van der Waals surface area contributed by atoms with Gasteiger partial charge in [-0.05, 0) is 17.9 Å². The van der Waals surface area contributed by atoms with Crippen LogP contribution in [0.3, 0.4) is 0 Å². The molecule has 0 unspecified atom stereocenters. The van der Waals surface area contributed by atoms with Crippen LogP contribution in [0.25, 0.3) is 10.2 Å². The lowest BCUT2D eigenvalue weighted by atomic mass is 10.3. The third-order valence-corrected chi connectivity index (χ3v) is 4.18. The summed E-state index contributed by atoms with van der Waals surface area (Å²) in [5.74, 6) is 0.856. The van der Waals surface area contributed by atoms with E-state index in [9.17, 15) is 4.79 Å². The van der Waals surface area contributed by atoms with Crippen LogP contribution in [0.15, 0.2) is 22.8 Å². The molecule has 0 radical (unpaired) electrons. The van der Waals surface area contributed by atoms with Gasteiger partial charge in [0.15, 0.2) is 0 Å². The highest BCUT2D eigenvalue weighted by Gasteiger charge is 2.09. The maximum absolute atomic E-state index is 12.3. The summed E-state index contributed by atoms with van der Waals surface area (Å²) in [7, 11) is 1.89. The molecule has 7 heteroatoms. The summed E-state index contributed by atoms with van der Waals surface area (Å²) in [5, 5.41) is 9.79. The van der Waals surface area contributed by atoms with Gasteiger partial charge < -0.3 is 4.57 Å². The smallest absolute Gasteiger partial charge is 0.271 e. The first-order chi connectivity index (χ1) is 9.16. The van der Waals surface area contributed by atoms with E-state index in [4.69, 9.17) is 0 Å². The summed E-state index contributed by atoms with van der Waals surface area (Å²) in [4.78, 5) is 16.6. The van der Waals surface area contributed by atoms with Crippen LogP contribution in [0.5, 0.6) is 0 Å². The number of aromatic nitrogens is 5. The molecule has 0 saturated carbocycles. The van der Waals surface area contributed by atoms with Gasteiger partial charge in [-0.15, -0.1) is 21.5 Å². The second-order valence-electron chi connectivity index (χ2n) is 4.45. The zero-order valence-electron chi connectivity index (χ0n) is 10.7. The van der Waals surface area contributed by atoms with Gasteiger partial charge in [0.2, 0.25) is 0 Å². The van der Waals surface area contributed by atoms with E-state index in [0.29, 0.717) is 13.0 Å². The molecule has 0 aliphatic rings. The zero-order valence-corrected chi connectivity index (χ0v) is 11.5. The standard InChI is InChI=1S/C12H13N5OS/c1-8-5-19-11-10(8)13-6-17(12(11)18)4-3-9-15-14-7-16(9)2/h5-7H,3-4H2,1-2H3. The topological polar surface area (TPSA) is 65.6 Å². The number of hydrogen-bond donors (Lipinski definition) is 0. The highest BCUT2D eigenvalue weighted by atomic mass is 32.1. The summed E-state index contributed by atoms with van der Waals surface area (Å²) in [5.41, 5.74) is 1.88. The van der Waals surface area contributed by atoms with E-state index in [1.54, 1.807) is 17.2 Å². The Hall–Kier alpha value is -2.02. The third-order valence-electron chi connectivity index (χ3n) is 3.10. The van der Waals surface area contributed by atoms with Gasteiger partial charge in [0.05, 0.1) is 11.8 Å². The van der Waals surface area contributed by atoms with Crippen molar-refractivity contribution in [2.45, 2.75) is 19.9 Å². The average Bonchev–Trinajstić information content (AvgIpc) is 2.96. The zero-order chi connectivity index (χ0) is 13.4. The van der Waals surface area contributed by atoms with Gasteiger partial charge in [-0.2, -0.15) is 0 Å². The molecule has 0 bridgehead atoms. The molecular formula is C12H13N5OS. The molecule has 3 aromatic heterocycles. The van der Waals surface area contributed by atoms with E-state index < -0.39 is 0 Å². The molecule has 0 saturated heterocycles. The molecule has 0 atom stereocenters. The first-order valence-corrected chi connectivity index (χ1v) is 6.81. The van der Waals surface area contributed by atoms with Crippen molar-refractivity contribution in [1.29, 1.82) is 0 Å². The molecule has 3 rings (SSSR count).